The normalized spacial score (nSPS) is 15.0. The first-order valence-electron chi connectivity index (χ1n) is 7.91. The van der Waals surface area contributed by atoms with E-state index in [-0.39, 0.29) is 18.4 Å². The standard InChI is InChI=1S/C17H20ClN3O2/c18-6-2-1-3-13-10-20-15-5-4-12(9-14(13)15)17(23)21-8-7-19-16(22)11-21/h4-5,9-10,20H,1-3,6-8,11H2,(H,19,22). The van der Waals surface area contributed by atoms with E-state index in [1.807, 2.05) is 24.4 Å². The molecule has 0 bridgehead atoms. The Morgan fingerprint density at radius 3 is 2.96 bits per heavy atom. The fourth-order valence-corrected chi connectivity index (χ4v) is 3.11. The predicted octanol–water partition coefficient (Wildman–Crippen LogP) is 2.30. The minimum Gasteiger partial charge on any atom is -0.361 e. The molecule has 0 saturated carbocycles. The molecule has 23 heavy (non-hydrogen) atoms. The average Bonchev–Trinajstić information content (AvgIpc) is 2.97. The van der Waals surface area contributed by atoms with Gasteiger partial charge in [0.25, 0.3) is 5.91 Å². The summed E-state index contributed by atoms with van der Waals surface area (Å²) in [5.74, 6) is 0.479. The minimum absolute atomic E-state index is 0.0883. The molecule has 0 spiro atoms. The third-order valence-corrected chi connectivity index (χ3v) is 4.44. The first kappa shape index (κ1) is 15.9. The zero-order valence-corrected chi connectivity index (χ0v) is 13.7. The van der Waals surface area contributed by atoms with Crippen molar-refractivity contribution >= 4 is 34.3 Å². The number of hydrogen-bond acceptors (Lipinski definition) is 2. The van der Waals surface area contributed by atoms with E-state index >= 15 is 0 Å². The van der Waals surface area contributed by atoms with E-state index in [9.17, 15) is 9.59 Å². The van der Waals surface area contributed by atoms with Gasteiger partial charge in [-0.25, -0.2) is 0 Å². The topological polar surface area (TPSA) is 65.2 Å². The fourth-order valence-electron chi connectivity index (χ4n) is 2.92. The number of hydrogen-bond donors (Lipinski definition) is 2. The molecule has 0 unspecified atom stereocenters. The first-order chi connectivity index (χ1) is 11.2. The number of rotatable bonds is 5. The van der Waals surface area contributed by atoms with Gasteiger partial charge in [0.1, 0.15) is 0 Å². The van der Waals surface area contributed by atoms with Crippen molar-refractivity contribution in [1.29, 1.82) is 0 Å². The second-order valence-electron chi connectivity index (χ2n) is 5.80. The van der Waals surface area contributed by atoms with Gasteiger partial charge in [-0.15, -0.1) is 11.6 Å². The summed E-state index contributed by atoms with van der Waals surface area (Å²) in [6.45, 7) is 1.20. The maximum absolute atomic E-state index is 12.6. The number of alkyl halides is 1. The number of fused-ring (bicyclic) bond motifs is 1. The van der Waals surface area contributed by atoms with Crippen molar-refractivity contribution in [3.05, 3.63) is 35.5 Å². The van der Waals surface area contributed by atoms with Gasteiger partial charge in [0.05, 0.1) is 6.54 Å². The number of aromatic nitrogens is 1. The SMILES string of the molecule is O=C1CN(C(=O)c2ccc3[nH]cc(CCCCCl)c3c2)CCN1. The zero-order valence-electron chi connectivity index (χ0n) is 12.9. The molecule has 0 atom stereocenters. The van der Waals surface area contributed by atoms with Crippen molar-refractivity contribution in [2.24, 2.45) is 0 Å². The molecule has 1 fully saturated rings. The molecule has 1 aliphatic rings. The molecule has 122 valence electrons. The van der Waals surface area contributed by atoms with Crippen LogP contribution in [0.4, 0.5) is 0 Å². The van der Waals surface area contributed by atoms with E-state index in [1.165, 1.54) is 5.56 Å². The Bertz CT molecular complexity index is 726. The Morgan fingerprint density at radius 2 is 2.17 bits per heavy atom. The lowest BCUT2D eigenvalue weighted by Gasteiger charge is -2.26. The van der Waals surface area contributed by atoms with Crippen LogP contribution in [0.1, 0.15) is 28.8 Å². The van der Waals surface area contributed by atoms with Crippen LogP contribution in [0.15, 0.2) is 24.4 Å². The van der Waals surface area contributed by atoms with Gasteiger partial charge in [0.15, 0.2) is 0 Å². The molecule has 2 heterocycles. The van der Waals surface area contributed by atoms with Gasteiger partial charge < -0.3 is 15.2 Å². The van der Waals surface area contributed by atoms with Crippen LogP contribution < -0.4 is 5.32 Å². The highest BCUT2D eigenvalue weighted by Crippen LogP contribution is 2.22. The van der Waals surface area contributed by atoms with Crippen LogP contribution in [0.3, 0.4) is 0 Å². The number of benzene rings is 1. The zero-order chi connectivity index (χ0) is 16.2. The number of aromatic amines is 1. The molecule has 2 N–H and O–H groups in total. The highest BCUT2D eigenvalue weighted by Gasteiger charge is 2.22. The molecule has 1 aromatic carbocycles. The van der Waals surface area contributed by atoms with E-state index in [0.717, 1.165) is 30.2 Å². The summed E-state index contributed by atoms with van der Waals surface area (Å²) in [4.78, 5) is 28.9. The van der Waals surface area contributed by atoms with Gasteiger partial charge >= 0.3 is 0 Å². The van der Waals surface area contributed by atoms with Crippen LogP contribution in [0.25, 0.3) is 10.9 Å². The second-order valence-corrected chi connectivity index (χ2v) is 6.17. The summed E-state index contributed by atoms with van der Waals surface area (Å²) in [6, 6.07) is 5.67. The Morgan fingerprint density at radius 1 is 1.30 bits per heavy atom. The Labute approximate surface area is 140 Å². The number of H-pyrrole nitrogens is 1. The van der Waals surface area contributed by atoms with Crippen LogP contribution in [0, 0.1) is 0 Å². The van der Waals surface area contributed by atoms with Gasteiger partial charge in [-0.3, -0.25) is 9.59 Å². The lowest BCUT2D eigenvalue weighted by atomic mass is 10.0. The van der Waals surface area contributed by atoms with Crippen LogP contribution in [-0.4, -0.2) is 47.2 Å². The maximum atomic E-state index is 12.6. The number of piperazine rings is 1. The summed E-state index contributed by atoms with van der Waals surface area (Å²) in [6.07, 6.45) is 4.95. The van der Waals surface area contributed by atoms with E-state index in [4.69, 9.17) is 11.6 Å². The van der Waals surface area contributed by atoms with Gasteiger partial charge in [-0.2, -0.15) is 0 Å². The van der Waals surface area contributed by atoms with Crippen LogP contribution in [0.2, 0.25) is 0 Å². The summed E-state index contributed by atoms with van der Waals surface area (Å²) in [5, 5.41) is 3.81. The molecule has 0 aliphatic carbocycles. The molecular weight excluding hydrogens is 314 g/mol. The smallest absolute Gasteiger partial charge is 0.254 e. The predicted molar refractivity (Wildman–Crippen MR) is 90.9 cm³/mol. The lowest BCUT2D eigenvalue weighted by molar-refractivity contribution is -0.123. The third-order valence-electron chi connectivity index (χ3n) is 4.17. The molecule has 6 heteroatoms. The average molecular weight is 334 g/mol. The third kappa shape index (κ3) is 3.50. The molecular formula is C17H20ClN3O2. The molecule has 2 amide bonds. The summed E-state index contributed by atoms with van der Waals surface area (Å²) in [5.41, 5.74) is 2.86. The molecule has 2 aromatic rings. The van der Waals surface area contributed by atoms with Crippen LogP contribution in [-0.2, 0) is 11.2 Å². The molecule has 5 nitrogen and oxygen atoms in total. The van der Waals surface area contributed by atoms with Crippen molar-refractivity contribution in [2.45, 2.75) is 19.3 Å². The molecule has 0 radical (unpaired) electrons. The largest absolute Gasteiger partial charge is 0.361 e. The number of carbonyl (C=O) groups is 2. The Hall–Kier alpha value is -2.01. The summed E-state index contributed by atoms with van der Waals surface area (Å²) >= 11 is 5.73. The quantitative estimate of drug-likeness (QED) is 0.651. The number of halogens is 1. The number of aryl methyl sites for hydroxylation is 1. The van der Waals surface area contributed by atoms with Crippen molar-refractivity contribution < 1.29 is 9.59 Å². The Balaban J connectivity index is 1.82. The van der Waals surface area contributed by atoms with Crippen molar-refractivity contribution in [2.75, 3.05) is 25.5 Å². The Kier molecular flexibility index (Phi) is 4.86. The first-order valence-corrected chi connectivity index (χ1v) is 8.44. The van der Waals surface area contributed by atoms with Gasteiger partial charge in [0, 0.05) is 41.6 Å². The highest BCUT2D eigenvalue weighted by molar-refractivity contribution is 6.17. The van der Waals surface area contributed by atoms with Gasteiger partial charge in [-0.05, 0) is 43.0 Å². The number of nitrogens with zero attached hydrogens (tertiary/aromatic N) is 1. The van der Waals surface area contributed by atoms with Gasteiger partial charge in [-0.1, -0.05) is 0 Å². The van der Waals surface area contributed by atoms with Crippen LogP contribution >= 0.6 is 11.6 Å². The van der Waals surface area contributed by atoms with Crippen molar-refractivity contribution in [3.63, 3.8) is 0 Å². The number of amides is 2. The van der Waals surface area contributed by atoms with E-state index in [2.05, 4.69) is 10.3 Å². The monoisotopic (exact) mass is 333 g/mol. The van der Waals surface area contributed by atoms with E-state index in [1.54, 1.807) is 4.90 Å². The molecule has 1 aromatic heterocycles. The fraction of sp³-hybridized carbons (Fsp3) is 0.412. The summed E-state index contributed by atoms with van der Waals surface area (Å²) < 4.78 is 0. The number of carbonyl (C=O) groups excluding carboxylic acids is 2. The highest BCUT2D eigenvalue weighted by atomic mass is 35.5. The van der Waals surface area contributed by atoms with E-state index < -0.39 is 0 Å². The lowest BCUT2D eigenvalue weighted by Crippen LogP contribution is -2.49. The molecule has 1 aliphatic heterocycles. The van der Waals surface area contributed by atoms with Crippen molar-refractivity contribution in [3.8, 4) is 0 Å². The van der Waals surface area contributed by atoms with Crippen LogP contribution in [0.5, 0.6) is 0 Å². The summed E-state index contributed by atoms with van der Waals surface area (Å²) in [7, 11) is 0. The molecule has 3 rings (SSSR count). The van der Waals surface area contributed by atoms with Gasteiger partial charge in [0.2, 0.25) is 5.91 Å². The number of unbranched alkanes of at least 4 members (excludes halogenated alkanes) is 1. The second kappa shape index (κ2) is 7.04. The van der Waals surface area contributed by atoms with E-state index in [0.29, 0.717) is 24.5 Å². The number of nitrogens with one attached hydrogen (secondary N) is 2. The minimum atomic E-state index is -0.103. The molecule has 1 saturated heterocycles. The maximum Gasteiger partial charge on any atom is 0.254 e. The van der Waals surface area contributed by atoms with Crippen molar-refractivity contribution in [1.82, 2.24) is 15.2 Å².